The second-order valence-electron chi connectivity index (χ2n) is 5.56. The predicted molar refractivity (Wildman–Crippen MR) is 88.2 cm³/mol. The van der Waals surface area contributed by atoms with Gasteiger partial charge in [0.15, 0.2) is 0 Å². The molecule has 3 rings (SSSR count). The van der Waals surface area contributed by atoms with Crippen LogP contribution in [0.3, 0.4) is 0 Å². The van der Waals surface area contributed by atoms with Crippen molar-refractivity contribution in [1.29, 1.82) is 0 Å². The van der Waals surface area contributed by atoms with Gasteiger partial charge in [0.25, 0.3) is 5.91 Å². The van der Waals surface area contributed by atoms with Gasteiger partial charge in [-0.15, -0.1) is 0 Å². The molecule has 1 N–H and O–H groups in total. The second-order valence-corrected chi connectivity index (χ2v) is 5.56. The first kappa shape index (κ1) is 16.0. The lowest BCUT2D eigenvalue weighted by Gasteiger charge is -2.13. The van der Waals surface area contributed by atoms with Gasteiger partial charge in [-0.3, -0.25) is 4.79 Å². The van der Waals surface area contributed by atoms with Crippen molar-refractivity contribution in [3.05, 3.63) is 58.5 Å². The van der Waals surface area contributed by atoms with Crippen molar-refractivity contribution in [1.82, 2.24) is 5.43 Å². The van der Waals surface area contributed by atoms with Crippen LogP contribution in [0.15, 0.2) is 39.9 Å². The zero-order valence-electron chi connectivity index (χ0n) is 13.6. The van der Waals surface area contributed by atoms with Crippen LogP contribution in [0.1, 0.15) is 50.6 Å². The molecule has 6 heteroatoms. The number of benzene rings is 1. The first-order chi connectivity index (χ1) is 11.6. The number of hydrogen-bond acceptors (Lipinski definition) is 5. The normalized spacial score (nSPS) is 15.0. The van der Waals surface area contributed by atoms with E-state index in [-0.39, 0.29) is 11.7 Å². The zero-order valence-corrected chi connectivity index (χ0v) is 13.6. The van der Waals surface area contributed by atoms with E-state index >= 15 is 0 Å². The van der Waals surface area contributed by atoms with E-state index in [9.17, 15) is 9.59 Å². The molecule has 1 aromatic carbocycles. The smallest absolute Gasteiger partial charge is 0.374 e. The molecule has 0 saturated carbocycles. The van der Waals surface area contributed by atoms with Gasteiger partial charge >= 0.3 is 5.97 Å². The predicted octanol–water partition coefficient (Wildman–Crippen LogP) is 2.85. The third-order valence-corrected chi connectivity index (χ3v) is 4.02. The summed E-state index contributed by atoms with van der Waals surface area (Å²) in [6, 6.07) is 8.88. The summed E-state index contributed by atoms with van der Waals surface area (Å²) in [6.45, 7) is 1.80. The minimum atomic E-state index is -0.505. The number of esters is 1. The van der Waals surface area contributed by atoms with Crippen LogP contribution in [-0.4, -0.2) is 24.7 Å². The van der Waals surface area contributed by atoms with E-state index in [4.69, 9.17) is 9.15 Å². The van der Waals surface area contributed by atoms with Crippen LogP contribution >= 0.6 is 0 Å². The molecule has 24 heavy (non-hydrogen) atoms. The number of carbonyl (C=O) groups is 2. The number of hydrogen-bond donors (Lipinski definition) is 1. The summed E-state index contributed by atoms with van der Waals surface area (Å²) >= 11 is 0. The Bertz CT molecular complexity index is 806. The van der Waals surface area contributed by atoms with Gasteiger partial charge in [-0.2, -0.15) is 5.10 Å². The highest BCUT2D eigenvalue weighted by molar-refractivity contribution is 6.06. The van der Waals surface area contributed by atoms with E-state index in [0.29, 0.717) is 23.3 Å². The third kappa shape index (κ3) is 2.95. The molecular weight excluding hydrogens is 308 g/mol. The van der Waals surface area contributed by atoms with Gasteiger partial charge in [0.1, 0.15) is 5.76 Å². The molecule has 0 unspecified atom stereocenters. The van der Waals surface area contributed by atoms with Gasteiger partial charge in [-0.05, 0) is 31.9 Å². The van der Waals surface area contributed by atoms with Gasteiger partial charge in [0.05, 0.1) is 12.8 Å². The Labute approximate surface area is 139 Å². The van der Waals surface area contributed by atoms with E-state index in [1.165, 1.54) is 7.11 Å². The number of methoxy groups -OCH3 is 1. The fourth-order valence-electron chi connectivity index (χ4n) is 2.84. The van der Waals surface area contributed by atoms with Crippen molar-refractivity contribution in [3.63, 3.8) is 0 Å². The molecule has 1 aliphatic rings. The summed E-state index contributed by atoms with van der Waals surface area (Å²) in [5, 5.41) is 4.27. The molecular formula is C18H18N2O4. The summed E-state index contributed by atoms with van der Waals surface area (Å²) in [7, 11) is 1.32. The molecule has 0 fully saturated rings. The Balaban J connectivity index is 1.88. The fourth-order valence-corrected chi connectivity index (χ4v) is 2.84. The Morgan fingerprint density at radius 2 is 1.96 bits per heavy atom. The number of carbonyl (C=O) groups excluding carboxylic acids is 2. The first-order valence-corrected chi connectivity index (χ1v) is 7.74. The minimum absolute atomic E-state index is 0.200. The summed E-state index contributed by atoms with van der Waals surface area (Å²) in [4.78, 5) is 23.9. The van der Waals surface area contributed by atoms with Crippen molar-refractivity contribution >= 4 is 17.6 Å². The Morgan fingerprint density at radius 3 is 2.67 bits per heavy atom. The Kier molecular flexibility index (Phi) is 4.46. The van der Waals surface area contributed by atoms with Crippen molar-refractivity contribution < 1.29 is 18.7 Å². The lowest BCUT2D eigenvalue weighted by Crippen LogP contribution is -2.22. The molecule has 0 atom stereocenters. The molecule has 1 heterocycles. The second kappa shape index (κ2) is 6.70. The highest BCUT2D eigenvalue weighted by Crippen LogP contribution is 2.30. The average molecular weight is 326 g/mol. The number of nitrogens with one attached hydrogen (secondary N) is 1. The summed E-state index contributed by atoms with van der Waals surface area (Å²) in [6.07, 6.45) is 2.29. The summed E-state index contributed by atoms with van der Waals surface area (Å²) in [5.74, 6) is 0.137. The van der Waals surface area contributed by atoms with Crippen LogP contribution in [0.2, 0.25) is 0 Å². The van der Waals surface area contributed by atoms with Gasteiger partial charge < -0.3 is 9.15 Å². The molecule has 6 nitrogen and oxygen atoms in total. The number of furan rings is 1. The van der Waals surface area contributed by atoms with Crippen LogP contribution in [0.25, 0.3) is 0 Å². The van der Waals surface area contributed by atoms with Crippen LogP contribution < -0.4 is 5.43 Å². The molecule has 0 saturated heterocycles. The maximum absolute atomic E-state index is 12.1. The van der Waals surface area contributed by atoms with Gasteiger partial charge in [-0.1, -0.05) is 18.2 Å². The molecule has 2 aromatic rings. The van der Waals surface area contributed by atoms with Crippen LogP contribution in [0, 0.1) is 6.92 Å². The minimum Gasteiger partial charge on any atom is -0.463 e. The average Bonchev–Trinajstić information content (AvgIpc) is 2.97. The maximum Gasteiger partial charge on any atom is 0.374 e. The van der Waals surface area contributed by atoms with Crippen molar-refractivity contribution in [2.75, 3.05) is 7.11 Å². The monoisotopic (exact) mass is 326 g/mol. The Morgan fingerprint density at radius 1 is 1.21 bits per heavy atom. The zero-order chi connectivity index (χ0) is 17.1. The number of amides is 1. The van der Waals surface area contributed by atoms with Crippen LogP contribution in [0.5, 0.6) is 0 Å². The van der Waals surface area contributed by atoms with Crippen LogP contribution in [-0.2, 0) is 11.2 Å². The van der Waals surface area contributed by atoms with Gasteiger partial charge in [-0.25, -0.2) is 10.2 Å². The SMILES string of the molecule is COC(=O)c1oc2c(c1C)/C(=N/NC(=O)c1ccccc1)CCC2. The molecule has 0 aliphatic heterocycles. The van der Waals surface area contributed by atoms with Gasteiger partial charge in [0, 0.05) is 23.1 Å². The van der Waals surface area contributed by atoms with Gasteiger partial charge in [0.2, 0.25) is 5.76 Å². The lowest BCUT2D eigenvalue weighted by atomic mass is 9.93. The quantitative estimate of drug-likeness (QED) is 0.694. The number of aryl methyl sites for hydroxylation is 1. The molecule has 1 aliphatic carbocycles. The Hall–Kier alpha value is -2.89. The van der Waals surface area contributed by atoms with Crippen molar-refractivity contribution in [2.24, 2.45) is 5.10 Å². The van der Waals surface area contributed by atoms with Crippen molar-refractivity contribution in [3.8, 4) is 0 Å². The van der Waals surface area contributed by atoms with E-state index in [1.807, 2.05) is 6.07 Å². The molecule has 1 amide bonds. The molecule has 1 aromatic heterocycles. The molecule has 0 bridgehead atoms. The number of rotatable bonds is 3. The highest BCUT2D eigenvalue weighted by Gasteiger charge is 2.28. The molecule has 0 radical (unpaired) electrons. The molecule has 0 spiro atoms. The van der Waals surface area contributed by atoms with Crippen LogP contribution in [0.4, 0.5) is 0 Å². The topological polar surface area (TPSA) is 80.9 Å². The third-order valence-electron chi connectivity index (χ3n) is 4.02. The van der Waals surface area contributed by atoms with E-state index in [0.717, 1.165) is 24.1 Å². The lowest BCUT2D eigenvalue weighted by molar-refractivity contribution is 0.0561. The van der Waals surface area contributed by atoms with Crippen molar-refractivity contribution in [2.45, 2.75) is 26.2 Å². The number of nitrogens with zero attached hydrogens (tertiary/aromatic N) is 1. The number of hydrazone groups is 1. The van der Waals surface area contributed by atoms with E-state index in [2.05, 4.69) is 10.5 Å². The van der Waals surface area contributed by atoms with E-state index in [1.54, 1.807) is 31.2 Å². The maximum atomic E-state index is 12.1. The summed E-state index contributed by atoms with van der Waals surface area (Å²) < 4.78 is 10.4. The highest BCUT2D eigenvalue weighted by atomic mass is 16.5. The van der Waals surface area contributed by atoms with E-state index < -0.39 is 5.97 Å². The first-order valence-electron chi connectivity index (χ1n) is 7.74. The number of fused-ring (bicyclic) bond motifs is 1. The summed E-state index contributed by atoms with van der Waals surface area (Å²) in [5.41, 5.74) is 5.34. The molecule has 124 valence electrons. The standard InChI is InChI=1S/C18H18N2O4/c1-11-15-13(19-20-17(21)12-7-4-3-5-8-12)9-6-10-14(15)24-16(11)18(22)23-2/h3-5,7-8H,6,9-10H2,1-2H3,(H,20,21)/b19-13+. The largest absolute Gasteiger partial charge is 0.463 e. The fraction of sp³-hybridized carbons (Fsp3) is 0.278. The number of ether oxygens (including phenoxy) is 1.